The average molecular weight is 572 g/mol. The summed E-state index contributed by atoms with van der Waals surface area (Å²) in [6, 6.07) is 5.77. The lowest BCUT2D eigenvalue weighted by Crippen LogP contribution is -2.44. The van der Waals surface area contributed by atoms with Crippen LogP contribution in [0.3, 0.4) is 0 Å². The molecule has 0 spiro atoms. The van der Waals surface area contributed by atoms with E-state index in [1.165, 1.54) is 24.5 Å². The normalized spacial score (nSPS) is 29.0. The van der Waals surface area contributed by atoms with Gasteiger partial charge < -0.3 is 15.6 Å². The monoisotopic (exact) mass is 571 g/mol. The maximum atomic E-state index is 14.1. The highest BCUT2D eigenvalue weighted by atomic mass is 35.5. The van der Waals surface area contributed by atoms with Crippen molar-refractivity contribution in [3.63, 3.8) is 0 Å². The fourth-order valence-electron chi connectivity index (χ4n) is 5.59. The summed E-state index contributed by atoms with van der Waals surface area (Å²) in [4.78, 5) is 27.3. The first-order chi connectivity index (χ1) is 17.6. The summed E-state index contributed by atoms with van der Waals surface area (Å²) in [6.45, 7) is 0. The van der Waals surface area contributed by atoms with E-state index in [0.29, 0.717) is 6.07 Å². The molecule has 2 aliphatic carbocycles. The zero-order valence-corrected chi connectivity index (χ0v) is 21.3. The molecule has 5 atom stereocenters. The van der Waals surface area contributed by atoms with Crippen molar-refractivity contribution in [2.45, 2.75) is 41.7 Å². The van der Waals surface area contributed by atoms with E-state index in [4.69, 9.17) is 22.1 Å². The van der Waals surface area contributed by atoms with Gasteiger partial charge in [0.05, 0.1) is 32.9 Å². The van der Waals surface area contributed by atoms with Gasteiger partial charge in [-0.3, -0.25) is 14.6 Å². The van der Waals surface area contributed by atoms with Crippen LogP contribution in [0, 0.1) is 28.1 Å². The maximum Gasteiger partial charge on any atom is 0.417 e. The average Bonchev–Trinajstić information content (AvgIpc) is 3.48. The lowest BCUT2D eigenvalue weighted by molar-refractivity contribution is -0.159. The van der Waals surface area contributed by atoms with Crippen LogP contribution in [0.2, 0.25) is 5.02 Å². The maximum absolute atomic E-state index is 14.1. The van der Waals surface area contributed by atoms with Gasteiger partial charge in [0, 0.05) is 31.0 Å². The molecule has 2 aromatic rings. The molecule has 2 aliphatic rings. The van der Waals surface area contributed by atoms with Crippen LogP contribution in [0.15, 0.2) is 41.6 Å². The summed E-state index contributed by atoms with van der Waals surface area (Å²) in [5.74, 6) is -3.75. The van der Waals surface area contributed by atoms with Gasteiger partial charge in [0.2, 0.25) is 5.91 Å². The predicted molar refractivity (Wildman–Crippen MR) is 126 cm³/mol. The van der Waals surface area contributed by atoms with Crippen LogP contribution in [0.4, 0.5) is 13.2 Å². The summed E-state index contributed by atoms with van der Waals surface area (Å²) in [5, 5.41) is 18.3. The van der Waals surface area contributed by atoms with Crippen molar-refractivity contribution >= 4 is 33.3 Å². The van der Waals surface area contributed by atoms with Gasteiger partial charge in [0.1, 0.15) is 10.8 Å². The van der Waals surface area contributed by atoms with E-state index >= 15 is 0 Å². The predicted octanol–water partition coefficient (Wildman–Crippen LogP) is 3.46. The Labute approximate surface area is 220 Å². The Hall–Kier alpha value is -3.21. The third-order valence-electron chi connectivity index (χ3n) is 7.59. The molecular weight excluding hydrogens is 551 g/mol. The van der Waals surface area contributed by atoms with E-state index in [-0.39, 0.29) is 22.6 Å². The topological polar surface area (TPSA) is 160 Å². The van der Waals surface area contributed by atoms with E-state index in [1.807, 2.05) is 0 Å². The van der Waals surface area contributed by atoms with Gasteiger partial charge >= 0.3 is 12.1 Å². The van der Waals surface area contributed by atoms with E-state index in [9.17, 15) is 41.5 Å². The number of ether oxygens (including phenoxy) is 1. The molecule has 1 heterocycles. The molecule has 1 aromatic heterocycles. The number of carboxylic acid groups (broad SMARTS) is 1. The fraction of sp³-hybridized carbons (Fsp3) is 0.417. The summed E-state index contributed by atoms with van der Waals surface area (Å²) in [7, 11) is -3.65. The Kier molecular flexibility index (Phi) is 6.75. The largest absolute Gasteiger partial charge is 0.481 e. The molecule has 202 valence electrons. The van der Waals surface area contributed by atoms with E-state index < -0.39 is 79.3 Å². The number of sulfone groups is 1. The second-order valence-electron chi connectivity index (χ2n) is 9.48. The molecule has 3 N–H and O–H groups in total. The Morgan fingerprint density at radius 2 is 1.92 bits per heavy atom. The minimum absolute atomic E-state index is 0.0191. The number of carboxylic acids is 1. The van der Waals surface area contributed by atoms with Crippen LogP contribution >= 0.6 is 11.6 Å². The van der Waals surface area contributed by atoms with E-state index in [0.717, 1.165) is 13.2 Å². The third-order valence-corrected chi connectivity index (χ3v) is 10.0. The molecule has 4 rings (SSSR count). The molecule has 0 saturated heterocycles. The highest BCUT2D eigenvalue weighted by molar-refractivity contribution is 7.92. The van der Waals surface area contributed by atoms with Crippen LogP contribution in [-0.2, 0) is 30.3 Å². The second-order valence-corrected chi connectivity index (χ2v) is 12.1. The van der Waals surface area contributed by atoms with Gasteiger partial charge in [-0.1, -0.05) is 17.7 Å². The van der Waals surface area contributed by atoms with Crippen molar-refractivity contribution < 1.29 is 41.0 Å². The molecule has 0 bridgehead atoms. The Morgan fingerprint density at radius 3 is 2.42 bits per heavy atom. The number of alkyl halides is 3. The standard InChI is InChI=1S/C24H21ClF3N3O6S/c1-37-19-6-15(7-23(19,21(33)34)18-8-22(18,11-29)20(30)32)38(35,36)17-3-2-12(5-16(17)24(26,27)28)13-4-14(25)10-31-9-13/h2-5,9-10,15,18-19H,6-8H2,1H3,(H2,30,32)(H,33,34)/t15-,18?,19+,22?,23+/m1/s1. The number of rotatable bonds is 7. The Balaban J connectivity index is 1.80. The molecular formula is C24H21ClF3N3O6S. The summed E-state index contributed by atoms with van der Waals surface area (Å²) in [5.41, 5.74) is 0.293. The first-order valence-electron chi connectivity index (χ1n) is 11.2. The number of nitriles is 1. The smallest absolute Gasteiger partial charge is 0.417 e. The molecule has 14 heteroatoms. The minimum atomic E-state index is -5.08. The quantitative estimate of drug-likeness (QED) is 0.511. The van der Waals surface area contributed by atoms with Crippen LogP contribution < -0.4 is 5.73 Å². The molecule has 38 heavy (non-hydrogen) atoms. The summed E-state index contributed by atoms with van der Waals surface area (Å²) < 4.78 is 75.0. The number of nitrogens with two attached hydrogens (primary N) is 1. The first-order valence-corrected chi connectivity index (χ1v) is 13.1. The number of methoxy groups -OCH3 is 1. The summed E-state index contributed by atoms with van der Waals surface area (Å²) in [6.07, 6.45) is -5.17. The SMILES string of the molecule is CO[C@H]1C[C@@H](S(=O)(=O)c2ccc(-c3cncc(Cl)c3)cc2C(F)(F)F)C[C@]1(C(=O)O)C1CC1(C#N)C(N)=O. The highest BCUT2D eigenvalue weighted by Crippen LogP contribution is 2.66. The van der Waals surface area contributed by atoms with Crippen molar-refractivity contribution in [1.82, 2.24) is 4.98 Å². The van der Waals surface area contributed by atoms with Gasteiger partial charge in [0.15, 0.2) is 9.84 Å². The van der Waals surface area contributed by atoms with Crippen molar-refractivity contribution in [1.29, 1.82) is 5.26 Å². The number of amides is 1. The number of halogens is 4. The zero-order chi connectivity index (χ0) is 28.3. The number of nitrogens with zero attached hydrogens (tertiary/aromatic N) is 2. The molecule has 0 aliphatic heterocycles. The fourth-order valence-corrected chi connectivity index (χ4v) is 7.78. The first kappa shape index (κ1) is 27.8. The number of pyridine rings is 1. The zero-order valence-electron chi connectivity index (χ0n) is 19.7. The Bertz CT molecular complexity index is 1480. The second kappa shape index (κ2) is 9.21. The lowest BCUT2D eigenvalue weighted by Gasteiger charge is -2.31. The number of benzene rings is 1. The van der Waals surface area contributed by atoms with Crippen LogP contribution in [0.25, 0.3) is 11.1 Å². The summed E-state index contributed by atoms with van der Waals surface area (Å²) >= 11 is 5.89. The molecule has 2 fully saturated rings. The molecule has 1 amide bonds. The highest BCUT2D eigenvalue weighted by Gasteiger charge is 2.75. The number of carbonyl (C=O) groups excluding carboxylic acids is 1. The van der Waals surface area contributed by atoms with Gasteiger partial charge in [-0.25, -0.2) is 8.42 Å². The van der Waals surface area contributed by atoms with Crippen LogP contribution in [-0.4, -0.2) is 48.8 Å². The molecule has 0 radical (unpaired) electrons. The van der Waals surface area contributed by atoms with Crippen molar-refractivity contribution in [2.24, 2.45) is 22.5 Å². The van der Waals surface area contributed by atoms with Gasteiger partial charge in [-0.05, 0) is 43.0 Å². The Morgan fingerprint density at radius 1 is 1.24 bits per heavy atom. The minimum Gasteiger partial charge on any atom is -0.481 e. The number of carbonyl (C=O) groups is 2. The number of primary amides is 1. The lowest BCUT2D eigenvalue weighted by atomic mass is 9.75. The molecule has 2 saturated carbocycles. The van der Waals surface area contributed by atoms with Crippen molar-refractivity contribution in [3.05, 3.63) is 47.2 Å². The molecule has 9 nitrogen and oxygen atoms in total. The van der Waals surface area contributed by atoms with Crippen LogP contribution in [0.5, 0.6) is 0 Å². The van der Waals surface area contributed by atoms with Gasteiger partial charge in [-0.2, -0.15) is 18.4 Å². The molecule has 1 aromatic carbocycles. The van der Waals surface area contributed by atoms with E-state index in [2.05, 4.69) is 4.98 Å². The number of hydrogen-bond donors (Lipinski definition) is 2. The van der Waals surface area contributed by atoms with Crippen molar-refractivity contribution in [3.8, 4) is 17.2 Å². The van der Waals surface area contributed by atoms with E-state index in [1.54, 1.807) is 6.07 Å². The van der Waals surface area contributed by atoms with Crippen molar-refractivity contribution in [2.75, 3.05) is 7.11 Å². The van der Waals surface area contributed by atoms with Gasteiger partial charge in [-0.15, -0.1) is 0 Å². The molecule has 2 unspecified atom stereocenters. The van der Waals surface area contributed by atoms with Crippen LogP contribution in [0.1, 0.15) is 24.8 Å². The number of aliphatic carboxylic acids is 1. The van der Waals surface area contributed by atoms with Gasteiger partial charge in [0.25, 0.3) is 0 Å². The number of hydrogen-bond acceptors (Lipinski definition) is 7. The number of aromatic nitrogens is 1. The third kappa shape index (κ3) is 4.20.